The van der Waals surface area contributed by atoms with Crippen molar-refractivity contribution >= 4 is 17.0 Å². The van der Waals surface area contributed by atoms with Crippen molar-refractivity contribution in [3.05, 3.63) is 29.6 Å². The number of aromatic carboxylic acids is 1. The Hall–Kier alpha value is -1.84. The van der Waals surface area contributed by atoms with E-state index in [0.717, 1.165) is 36.1 Å². The molecule has 0 radical (unpaired) electrons. The van der Waals surface area contributed by atoms with E-state index in [-0.39, 0.29) is 0 Å². The average molecular weight is 286 g/mol. The van der Waals surface area contributed by atoms with E-state index in [1.54, 1.807) is 12.1 Å². The van der Waals surface area contributed by atoms with Gasteiger partial charge in [-0.15, -0.1) is 0 Å². The summed E-state index contributed by atoms with van der Waals surface area (Å²) in [6.07, 6.45) is 5.78. The standard InChI is InChI=1S/C17H22N2O2/c1-3-5-13(4-2)19-15-9-8-12(17(20)21)10-14(15)18-16(19)11-6-7-11/h8-11,13H,3-7H2,1-2H3,(H,20,21). The second-order valence-electron chi connectivity index (χ2n) is 5.97. The van der Waals surface area contributed by atoms with Gasteiger partial charge in [0.25, 0.3) is 0 Å². The Bertz CT molecular complexity index is 671. The van der Waals surface area contributed by atoms with Crippen molar-refractivity contribution in [3.8, 4) is 0 Å². The first-order valence-corrected chi connectivity index (χ1v) is 7.90. The van der Waals surface area contributed by atoms with E-state index in [0.29, 0.717) is 17.5 Å². The summed E-state index contributed by atoms with van der Waals surface area (Å²) >= 11 is 0. The highest BCUT2D eigenvalue weighted by molar-refractivity contribution is 5.92. The van der Waals surface area contributed by atoms with Crippen LogP contribution in [0.5, 0.6) is 0 Å². The molecule has 4 nitrogen and oxygen atoms in total. The smallest absolute Gasteiger partial charge is 0.335 e. The molecule has 1 aliphatic carbocycles. The Morgan fingerprint density at radius 1 is 1.43 bits per heavy atom. The van der Waals surface area contributed by atoms with Gasteiger partial charge in [-0.25, -0.2) is 9.78 Å². The third-order valence-electron chi connectivity index (χ3n) is 4.36. The lowest BCUT2D eigenvalue weighted by atomic mass is 10.1. The molecule has 1 aromatic heterocycles. The van der Waals surface area contributed by atoms with Gasteiger partial charge in [-0.1, -0.05) is 20.3 Å². The number of benzene rings is 1. The van der Waals surface area contributed by atoms with E-state index in [1.807, 2.05) is 6.07 Å². The number of hydrogen-bond acceptors (Lipinski definition) is 2. The van der Waals surface area contributed by atoms with E-state index in [4.69, 9.17) is 10.1 Å². The zero-order chi connectivity index (χ0) is 15.0. The fourth-order valence-corrected chi connectivity index (χ4v) is 3.11. The maximum atomic E-state index is 11.1. The van der Waals surface area contributed by atoms with Gasteiger partial charge in [-0.05, 0) is 43.9 Å². The predicted molar refractivity (Wildman–Crippen MR) is 82.9 cm³/mol. The molecule has 3 rings (SSSR count). The van der Waals surface area contributed by atoms with Gasteiger partial charge in [0.2, 0.25) is 0 Å². The summed E-state index contributed by atoms with van der Waals surface area (Å²) < 4.78 is 2.38. The summed E-state index contributed by atoms with van der Waals surface area (Å²) in [5, 5.41) is 9.15. The third kappa shape index (κ3) is 2.55. The van der Waals surface area contributed by atoms with E-state index in [1.165, 1.54) is 12.8 Å². The quantitative estimate of drug-likeness (QED) is 0.858. The molecule has 0 amide bonds. The summed E-state index contributed by atoms with van der Waals surface area (Å²) in [4.78, 5) is 15.9. The van der Waals surface area contributed by atoms with Gasteiger partial charge in [0, 0.05) is 12.0 Å². The molecule has 4 heteroatoms. The molecule has 0 bridgehead atoms. The van der Waals surface area contributed by atoms with Crippen molar-refractivity contribution in [2.24, 2.45) is 0 Å². The number of carboxylic acids is 1. The maximum absolute atomic E-state index is 11.1. The summed E-state index contributed by atoms with van der Waals surface area (Å²) in [6, 6.07) is 5.79. The highest BCUT2D eigenvalue weighted by Gasteiger charge is 2.31. The molecule has 112 valence electrons. The topological polar surface area (TPSA) is 55.1 Å². The van der Waals surface area contributed by atoms with Gasteiger partial charge in [0.05, 0.1) is 16.6 Å². The van der Waals surface area contributed by atoms with Crippen molar-refractivity contribution in [3.63, 3.8) is 0 Å². The normalized spacial score (nSPS) is 16.3. The molecule has 1 fully saturated rings. The molecule has 1 aromatic carbocycles. The monoisotopic (exact) mass is 286 g/mol. The minimum Gasteiger partial charge on any atom is -0.478 e. The minimum atomic E-state index is -0.889. The molecule has 1 aliphatic rings. The van der Waals surface area contributed by atoms with Crippen LogP contribution in [0.3, 0.4) is 0 Å². The van der Waals surface area contributed by atoms with Gasteiger partial charge in [-0.2, -0.15) is 0 Å². The van der Waals surface area contributed by atoms with Crippen molar-refractivity contribution in [2.75, 3.05) is 0 Å². The lowest BCUT2D eigenvalue weighted by Gasteiger charge is -2.20. The van der Waals surface area contributed by atoms with Crippen LogP contribution in [-0.4, -0.2) is 20.6 Å². The first-order chi connectivity index (χ1) is 10.2. The Kier molecular flexibility index (Phi) is 3.70. The number of rotatable bonds is 6. The van der Waals surface area contributed by atoms with Crippen LogP contribution in [0, 0.1) is 0 Å². The molecule has 0 saturated heterocycles. The lowest BCUT2D eigenvalue weighted by Crippen LogP contribution is -2.11. The van der Waals surface area contributed by atoms with Gasteiger partial charge in [-0.3, -0.25) is 0 Å². The summed E-state index contributed by atoms with van der Waals surface area (Å²) in [7, 11) is 0. The second-order valence-corrected chi connectivity index (χ2v) is 5.97. The van der Waals surface area contributed by atoms with Crippen LogP contribution in [-0.2, 0) is 0 Å². The number of carboxylic acid groups (broad SMARTS) is 1. The average Bonchev–Trinajstić information content (AvgIpc) is 3.25. The highest BCUT2D eigenvalue weighted by Crippen LogP contribution is 2.42. The number of hydrogen-bond donors (Lipinski definition) is 1. The van der Waals surface area contributed by atoms with Crippen molar-refractivity contribution in [2.45, 2.75) is 57.9 Å². The largest absolute Gasteiger partial charge is 0.478 e. The number of carbonyl (C=O) groups is 1. The number of fused-ring (bicyclic) bond motifs is 1. The molecule has 1 heterocycles. The Morgan fingerprint density at radius 2 is 2.19 bits per heavy atom. The van der Waals surface area contributed by atoms with Crippen LogP contribution in [0.25, 0.3) is 11.0 Å². The van der Waals surface area contributed by atoms with E-state index >= 15 is 0 Å². The van der Waals surface area contributed by atoms with Crippen LogP contribution in [0.4, 0.5) is 0 Å². The van der Waals surface area contributed by atoms with E-state index in [9.17, 15) is 4.79 Å². The zero-order valence-electron chi connectivity index (χ0n) is 12.7. The maximum Gasteiger partial charge on any atom is 0.335 e. The summed E-state index contributed by atoms with van der Waals surface area (Å²) in [6.45, 7) is 4.43. The molecule has 2 aromatic rings. The first kappa shape index (κ1) is 14.1. The van der Waals surface area contributed by atoms with Crippen LogP contribution in [0.2, 0.25) is 0 Å². The number of nitrogens with zero attached hydrogens (tertiary/aromatic N) is 2. The molecule has 1 atom stereocenters. The van der Waals surface area contributed by atoms with Crippen LogP contribution < -0.4 is 0 Å². The molecule has 1 saturated carbocycles. The molecule has 0 spiro atoms. The lowest BCUT2D eigenvalue weighted by molar-refractivity contribution is 0.0697. The molecule has 0 aliphatic heterocycles. The fraction of sp³-hybridized carbons (Fsp3) is 0.529. The predicted octanol–water partition coefficient (Wildman–Crippen LogP) is 4.36. The van der Waals surface area contributed by atoms with E-state index < -0.39 is 5.97 Å². The summed E-state index contributed by atoms with van der Waals surface area (Å²) in [5.74, 6) is 0.837. The number of imidazole rings is 1. The van der Waals surface area contributed by atoms with Crippen molar-refractivity contribution in [1.82, 2.24) is 9.55 Å². The van der Waals surface area contributed by atoms with Crippen LogP contribution in [0.1, 0.15) is 74.1 Å². The SMILES string of the molecule is CCCC(CC)n1c(C2CC2)nc2cc(C(=O)O)ccc21. The zero-order valence-corrected chi connectivity index (χ0v) is 12.7. The minimum absolute atomic E-state index is 0.318. The molecule has 1 N–H and O–H groups in total. The van der Waals surface area contributed by atoms with Crippen LogP contribution >= 0.6 is 0 Å². The highest BCUT2D eigenvalue weighted by atomic mass is 16.4. The first-order valence-electron chi connectivity index (χ1n) is 7.90. The number of aromatic nitrogens is 2. The Balaban J connectivity index is 2.15. The van der Waals surface area contributed by atoms with Crippen molar-refractivity contribution < 1.29 is 9.90 Å². The third-order valence-corrected chi connectivity index (χ3v) is 4.36. The molecule has 1 unspecified atom stereocenters. The molecule has 21 heavy (non-hydrogen) atoms. The molecular weight excluding hydrogens is 264 g/mol. The second kappa shape index (κ2) is 5.51. The Morgan fingerprint density at radius 3 is 2.76 bits per heavy atom. The summed E-state index contributed by atoms with van der Waals surface area (Å²) in [5.41, 5.74) is 2.23. The molecular formula is C17H22N2O2. The van der Waals surface area contributed by atoms with E-state index in [2.05, 4.69) is 18.4 Å². The van der Waals surface area contributed by atoms with Gasteiger partial charge in [0.1, 0.15) is 5.82 Å². The van der Waals surface area contributed by atoms with Gasteiger partial charge >= 0.3 is 5.97 Å². The Labute approximate surface area is 124 Å². The van der Waals surface area contributed by atoms with Crippen molar-refractivity contribution in [1.29, 1.82) is 0 Å². The fourth-order valence-electron chi connectivity index (χ4n) is 3.11. The van der Waals surface area contributed by atoms with Crippen LogP contribution in [0.15, 0.2) is 18.2 Å². The van der Waals surface area contributed by atoms with Gasteiger partial charge in [0.15, 0.2) is 0 Å². The van der Waals surface area contributed by atoms with Gasteiger partial charge < -0.3 is 9.67 Å².